The van der Waals surface area contributed by atoms with Crippen LogP contribution in [-0.2, 0) is 11.8 Å². The SMILES string of the molecule is CCc1ccc(C(C)(C)CN=C(N)NC(C)(C)C)cc1. The Hall–Kier alpha value is -1.51. The minimum absolute atomic E-state index is 0.0174. The Bertz CT molecular complexity index is 450. The van der Waals surface area contributed by atoms with Crippen LogP contribution < -0.4 is 11.1 Å². The molecule has 20 heavy (non-hydrogen) atoms. The van der Waals surface area contributed by atoms with E-state index in [4.69, 9.17) is 5.73 Å². The number of benzene rings is 1. The highest BCUT2D eigenvalue weighted by Gasteiger charge is 2.20. The van der Waals surface area contributed by atoms with Gasteiger partial charge < -0.3 is 11.1 Å². The number of hydrogen-bond acceptors (Lipinski definition) is 1. The standard InChI is InChI=1S/C17H29N3/c1-7-13-8-10-14(11-9-13)17(5,6)12-19-15(18)20-16(2,3)4/h8-11H,7,12H2,1-6H3,(H3,18,19,20). The van der Waals surface area contributed by atoms with Crippen LogP contribution in [0.3, 0.4) is 0 Å². The quantitative estimate of drug-likeness (QED) is 0.655. The fourth-order valence-corrected chi connectivity index (χ4v) is 1.99. The Morgan fingerprint density at radius 1 is 1.10 bits per heavy atom. The molecule has 0 aliphatic carbocycles. The molecule has 3 nitrogen and oxygen atoms in total. The number of nitrogens with two attached hydrogens (primary N) is 1. The smallest absolute Gasteiger partial charge is 0.189 e. The van der Waals surface area contributed by atoms with E-state index in [1.807, 2.05) is 0 Å². The number of aliphatic imine (C=N–C) groups is 1. The summed E-state index contributed by atoms with van der Waals surface area (Å²) in [7, 11) is 0. The van der Waals surface area contributed by atoms with Crippen LogP contribution in [0, 0.1) is 0 Å². The van der Waals surface area contributed by atoms with Crippen molar-refractivity contribution in [3.63, 3.8) is 0 Å². The van der Waals surface area contributed by atoms with Crippen molar-refractivity contribution in [1.29, 1.82) is 0 Å². The maximum absolute atomic E-state index is 5.93. The van der Waals surface area contributed by atoms with Gasteiger partial charge in [0.1, 0.15) is 0 Å². The molecule has 1 rings (SSSR count). The van der Waals surface area contributed by atoms with Crippen LogP contribution in [-0.4, -0.2) is 18.0 Å². The molecule has 1 aromatic rings. The summed E-state index contributed by atoms with van der Waals surface area (Å²) in [6.07, 6.45) is 1.07. The van der Waals surface area contributed by atoms with Crippen molar-refractivity contribution in [2.45, 2.75) is 58.9 Å². The van der Waals surface area contributed by atoms with E-state index in [1.165, 1.54) is 11.1 Å². The molecule has 0 unspecified atom stereocenters. The predicted octanol–water partition coefficient (Wildman–Crippen LogP) is 3.23. The lowest BCUT2D eigenvalue weighted by Crippen LogP contribution is -2.45. The number of aryl methyl sites for hydroxylation is 1. The Labute approximate surface area is 123 Å². The van der Waals surface area contributed by atoms with Crippen LogP contribution in [0.25, 0.3) is 0 Å². The van der Waals surface area contributed by atoms with Crippen molar-refractivity contribution >= 4 is 5.96 Å². The summed E-state index contributed by atoms with van der Waals surface area (Å²) in [5, 5.41) is 3.19. The summed E-state index contributed by atoms with van der Waals surface area (Å²) in [5.41, 5.74) is 8.51. The molecular formula is C17H29N3. The molecule has 1 aromatic carbocycles. The van der Waals surface area contributed by atoms with Crippen LogP contribution >= 0.6 is 0 Å². The normalized spacial score (nSPS) is 13.4. The minimum Gasteiger partial charge on any atom is -0.370 e. The van der Waals surface area contributed by atoms with Gasteiger partial charge in [-0.15, -0.1) is 0 Å². The fourth-order valence-electron chi connectivity index (χ4n) is 1.99. The van der Waals surface area contributed by atoms with E-state index in [9.17, 15) is 0 Å². The first-order valence-electron chi connectivity index (χ1n) is 7.31. The highest BCUT2D eigenvalue weighted by Crippen LogP contribution is 2.24. The second kappa shape index (κ2) is 6.29. The Kier molecular flexibility index (Phi) is 5.21. The summed E-state index contributed by atoms with van der Waals surface area (Å²) in [4.78, 5) is 4.48. The van der Waals surface area contributed by atoms with Crippen LogP contribution in [0.2, 0.25) is 0 Å². The number of hydrogen-bond donors (Lipinski definition) is 2. The van der Waals surface area contributed by atoms with E-state index in [1.54, 1.807) is 0 Å². The molecule has 3 heteroatoms. The zero-order valence-electron chi connectivity index (χ0n) is 13.7. The third-order valence-electron chi connectivity index (χ3n) is 3.29. The Morgan fingerprint density at radius 3 is 2.10 bits per heavy atom. The van der Waals surface area contributed by atoms with Gasteiger partial charge in [0.2, 0.25) is 0 Å². The molecule has 0 saturated heterocycles. The van der Waals surface area contributed by atoms with Crippen molar-refractivity contribution in [1.82, 2.24) is 5.32 Å². The van der Waals surface area contributed by atoms with Crippen molar-refractivity contribution in [2.24, 2.45) is 10.7 Å². The maximum atomic E-state index is 5.93. The van der Waals surface area contributed by atoms with Gasteiger partial charge in [-0.3, -0.25) is 4.99 Å². The molecule has 0 spiro atoms. The molecule has 0 saturated carbocycles. The molecular weight excluding hydrogens is 246 g/mol. The second-order valence-electron chi connectivity index (χ2n) is 7.01. The van der Waals surface area contributed by atoms with Gasteiger partial charge in [-0.25, -0.2) is 0 Å². The fraction of sp³-hybridized carbons (Fsp3) is 0.588. The average Bonchev–Trinajstić information content (AvgIpc) is 2.35. The molecule has 0 aliphatic rings. The number of guanidine groups is 1. The number of nitrogens with zero attached hydrogens (tertiary/aromatic N) is 1. The van der Waals surface area contributed by atoms with Crippen molar-refractivity contribution in [2.75, 3.05) is 6.54 Å². The predicted molar refractivity (Wildman–Crippen MR) is 88.2 cm³/mol. The van der Waals surface area contributed by atoms with Crippen molar-refractivity contribution in [3.8, 4) is 0 Å². The topological polar surface area (TPSA) is 50.4 Å². The second-order valence-corrected chi connectivity index (χ2v) is 7.01. The molecule has 0 radical (unpaired) electrons. The van der Waals surface area contributed by atoms with Crippen LogP contribution in [0.4, 0.5) is 0 Å². The molecule has 0 amide bonds. The highest BCUT2D eigenvalue weighted by molar-refractivity contribution is 5.78. The molecule has 3 N–H and O–H groups in total. The molecule has 0 heterocycles. The molecule has 0 aliphatic heterocycles. The van der Waals surface area contributed by atoms with E-state index < -0.39 is 0 Å². The van der Waals surface area contributed by atoms with Gasteiger partial charge in [-0.1, -0.05) is 45.0 Å². The lowest BCUT2D eigenvalue weighted by molar-refractivity contribution is 0.500. The monoisotopic (exact) mass is 275 g/mol. The van der Waals surface area contributed by atoms with Gasteiger partial charge in [0.15, 0.2) is 5.96 Å². The molecule has 0 atom stereocenters. The number of rotatable bonds is 4. The molecule has 0 aromatic heterocycles. The van der Waals surface area contributed by atoms with Crippen molar-refractivity contribution in [3.05, 3.63) is 35.4 Å². The minimum atomic E-state index is -0.0551. The lowest BCUT2D eigenvalue weighted by Gasteiger charge is -2.25. The van der Waals surface area contributed by atoms with Gasteiger partial charge in [-0.2, -0.15) is 0 Å². The third kappa shape index (κ3) is 5.24. The number of nitrogens with one attached hydrogen (secondary N) is 1. The first-order chi connectivity index (χ1) is 9.14. The highest BCUT2D eigenvalue weighted by atomic mass is 15.1. The molecule has 0 fully saturated rings. The van der Waals surface area contributed by atoms with E-state index in [0.717, 1.165) is 6.42 Å². The van der Waals surface area contributed by atoms with Gasteiger partial charge in [0, 0.05) is 11.0 Å². The zero-order valence-corrected chi connectivity index (χ0v) is 13.7. The van der Waals surface area contributed by atoms with E-state index >= 15 is 0 Å². The maximum Gasteiger partial charge on any atom is 0.189 e. The largest absolute Gasteiger partial charge is 0.370 e. The van der Waals surface area contributed by atoms with Gasteiger partial charge in [0.05, 0.1) is 6.54 Å². The van der Waals surface area contributed by atoms with E-state index in [-0.39, 0.29) is 11.0 Å². The lowest BCUT2D eigenvalue weighted by atomic mass is 9.84. The van der Waals surface area contributed by atoms with Crippen LogP contribution in [0.5, 0.6) is 0 Å². The van der Waals surface area contributed by atoms with Gasteiger partial charge in [0.25, 0.3) is 0 Å². The van der Waals surface area contributed by atoms with Gasteiger partial charge >= 0.3 is 0 Å². The summed E-state index contributed by atoms with van der Waals surface area (Å²) in [6, 6.07) is 8.78. The molecule has 112 valence electrons. The van der Waals surface area contributed by atoms with Gasteiger partial charge in [-0.05, 0) is 38.3 Å². The summed E-state index contributed by atoms with van der Waals surface area (Å²) >= 11 is 0. The average molecular weight is 275 g/mol. The summed E-state index contributed by atoms with van der Waals surface area (Å²) in [5.74, 6) is 0.510. The summed E-state index contributed by atoms with van der Waals surface area (Å²) in [6.45, 7) is 13.5. The van der Waals surface area contributed by atoms with Crippen molar-refractivity contribution < 1.29 is 0 Å². The van der Waals surface area contributed by atoms with E-state index in [0.29, 0.717) is 12.5 Å². The van der Waals surface area contributed by atoms with Crippen LogP contribution in [0.15, 0.2) is 29.3 Å². The van der Waals surface area contributed by atoms with Crippen LogP contribution in [0.1, 0.15) is 52.7 Å². The Morgan fingerprint density at radius 2 is 1.65 bits per heavy atom. The Balaban J connectivity index is 2.75. The first kappa shape index (κ1) is 16.5. The third-order valence-corrected chi connectivity index (χ3v) is 3.29. The zero-order chi connectivity index (χ0) is 15.4. The van der Waals surface area contributed by atoms with E-state index in [2.05, 4.69) is 76.1 Å². The summed E-state index contributed by atoms with van der Waals surface area (Å²) < 4.78 is 0. The molecule has 0 bridgehead atoms. The first-order valence-corrected chi connectivity index (χ1v) is 7.31.